The third-order valence-corrected chi connectivity index (χ3v) is 8.78. The summed E-state index contributed by atoms with van der Waals surface area (Å²) in [5.41, 5.74) is 4.71. The number of carbonyl (C=O) groups excluding carboxylic acids is 1. The number of pyridine rings is 1. The normalized spacial score (nSPS) is 25.9. The van der Waals surface area contributed by atoms with E-state index >= 15 is 0 Å². The predicted molar refractivity (Wildman–Crippen MR) is 116 cm³/mol. The second-order valence-electron chi connectivity index (χ2n) is 8.67. The Morgan fingerprint density at radius 1 is 1.26 bits per heavy atom. The van der Waals surface area contributed by atoms with Crippen LogP contribution in [0, 0.1) is 5.82 Å². The van der Waals surface area contributed by atoms with Crippen molar-refractivity contribution in [1.82, 2.24) is 4.98 Å². The summed E-state index contributed by atoms with van der Waals surface area (Å²) in [5, 5.41) is 0. The molecule has 0 unspecified atom stereocenters. The van der Waals surface area contributed by atoms with Gasteiger partial charge in [0.25, 0.3) is 0 Å². The number of aromatic nitrogens is 1. The van der Waals surface area contributed by atoms with Crippen molar-refractivity contribution in [2.45, 2.75) is 36.4 Å². The molecular formula is C22H21F4N3O5S. The molecule has 2 aliphatic heterocycles. The van der Waals surface area contributed by atoms with E-state index in [2.05, 4.69) is 14.7 Å². The van der Waals surface area contributed by atoms with Crippen LogP contribution in [-0.2, 0) is 26.5 Å². The number of amidine groups is 1. The fourth-order valence-electron chi connectivity index (χ4n) is 4.31. The Morgan fingerprint density at radius 2 is 2.00 bits per heavy atom. The minimum absolute atomic E-state index is 0.0509. The Balaban J connectivity index is 1.60. The first-order valence-electron chi connectivity index (χ1n) is 10.4. The maximum atomic E-state index is 14.9. The van der Waals surface area contributed by atoms with E-state index in [-0.39, 0.29) is 43.1 Å². The highest BCUT2D eigenvalue weighted by molar-refractivity contribution is 7.93. The van der Waals surface area contributed by atoms with Gasteiger partial charge in [0.05, 0.1) is 18.6 Å². The predicted octanol–water partition coefficient (Wildman–Crippen LogP) is 2.70. The number of carbonyl (C=O) groups is 1. The SMILES string of the molecule is C[C@@]1(c2cc(CC(=O)c3ccc(OC(F)(F)F)cn3)ccc2F)CS(=O)(=O)[C@]2(CCOC2)C(N)=N1. The highest BCUT2D eigenvalue weighted by Crippen LogP contribution is 2.41. The van der Waals surface area contributed by atoms with Crippen molar-refractivity contribution in [1.29, 1.82) is 0 Å². The number of ether oxygens (including phenoxy) is 2. The van der Waals surface area contributed by atoms with E-state index < -0.39 is 49.6 Å². The van der Waals surface area contributed by atoms with E-state index in [4.69, 9.17) is 10.5 Å². The third-order valence-electron chi connectivity index (χ3n) is 6.12. The molecule has 2 aromatic rings. The van der Waals surface area contributed by atoms with Crippen LogP contribution < -0.4 is 10.5 Å². The number of nitrogens with zero attached hydrogens (tertiary/aromatic N) is 2. The Hall–Kier alpha value is -3.06. The first-order valence-corrected chi connectivity index (χ1v) is 12.1. The second-order valence-corrected chi connectivity index (χ2v) is 11.0. The van der Waals surface area contributed by atoms with Gasteiger partial charge >= 0.3 is 6.36 Å². The highest BCUT2D eigenvalue weighted by atomic mass is 32.2. The van der Waals surface area contributed by atoms with Crippen LogP contribution in [0.3, 0.4) is 0 Å². The zero-order valence-corrected chi connectivity index (χ0v) is 19.2. The van der Waals surface area contributed by atoms with Crippen molar-refractivity contribution in [3.05, 3.63) is 59.2 Å². The van der Waals surface area contributed by atoms with Crippen LogP contribution in [0.2, 0.25) is 0 Å². The lowest BCUT2D eigenvalue weighted by molar-refractivity contribution is -0.274. The van der Waals surface area contributed by atoms with Crippen molar-refractivity contribution < 1.29 is 40.2 Å². The molecule has 35 heavy (non-hydrogen) atoms. The molecule has 0 saturated carbocycles. The summed E-state index contributed by atoms with van der Waals surface area (Å²) in [6.07, 6.45) is -4.22. The van der Waals surface area contributed by atoms with Crippen LogP contribution in [0.5, 0.6) is 5.75 Å². The standard InChI is InChI=1S/C22H21F4N3O5S/c1-20(12-35(31,32)21(19(27)29-20)6-7-33-11-21)15-8-13(2-4-16(15)23)9-18(30)17-5-3-14(10-28-17)34-22(24,25)26/h2-5,8,10H,6-7,9,11-12H2,1H3,(H2,27,29)/t20-,21-/m0/s1. The van der Waals surface area contributed by atoms with Gasteiger partial charge < -0.3 is 15.2 Å². The number of ketones is 1. The molecule has 8 nitrogen and oxygen atoms in total. The van der Waals surface area contributed by atoms with E-state index in [1.807, 2.05) is 0 Å². The highest BCUT2D eigenvalue weighted by Gasteiger charge is 2.57. The molecule has 3 heterocycles. The molecule has 1 spiro atoms. The maximum Gasteiger partial charge on any atom is 0.573 e. The number of nitrogens with two attached hydrogens (primary N) is 1. The number of hydrogen-bond acceptors (Lipinski definition) is 8. The lowest BCUT2D eigenvalue weighted by Gasteiger charge is -2.39. The molecule has 1 aromatic carbocycles. The van der Waals surface area contributed by atoms with E-state index in [0.717, 1.165) is 24.4 Å². The van der Waals surface area contributed by atoms with E-state index in [0.29, 0.717) is 5.56 Å². The quantitative estimate of drug-likeness (QED) is 0.480. The molecule has 0 amide bonds. The van der Waals surface area contributed by atoms with Crippen LogP contribution in [0.25, 0.3) is 0 Å². The van der Waals surface area contributed by atoms with E-state index in [1.54, 1.807) is 0 Å². The number of rotatable bonds is 5. The van der Waals surface area contributed by atoms with Gasteiger partial charge in [-0.2, -0.15) is 0 Å². The smallest absolute Gasteiger partial charge is 0.404 e. The molecule has 2 N–H and O–H groups in total. The van der Waals surface area contributed by atoms with Crippen LogP contribution in [0.15, 0.2) is 41.5 Å². The Morgan fingerprint density at radius 3 is 2.57 bits per heavy atom. The molecule has 1 saturated heterocycles. The van der Waals surface area contributed by atoms with Gasteiger partial charge in [-0.1, -0.05) is 6.07 Å². The monoisotopic (exact) mass is 515 g/mol. The van der Waals surface area contributed by atoms with Crippen molar-refractivity contribution in [3.63, 3.8) is 0 Å². The van der Waals surface area contributed by atoms with Gasteiger partial charge in [0.1, 0.15) is 28.6 Å². The number of halogens is 4. The van der Waals surface area contributed by atoms with Crippen molar-refractivity contribution in [2.75, 3.05) is 19.0 Å². The van der Waals surface area contributed by atoms with Gasteiger partial charge in [-0.15, -0.1) is 13.2 Å². The molecule has 0 bridgehead atoms. The van der Waals surface area contributed by atoms with E-state index in [9.17, 15) is 30.8 Å². The lowest BCUT2D eigenvalue weighted by atomic mass is 9.90. The van der Waals surface area contributed by atoms with Crippen LogP contribution in [0.1, 0.15) is 35.0 Å². The van der Waals surface area contributed by atoms with Gasteiger partial charge in [-0.25, -0.2) is 17.8 Å². The molecule has 13 heteroatoms. The number of benzene rings is 1. The number of Topliss-reactive ketones (excluding diaryl/α,β-unsaturated/α-hetero) is 1. The summed E-state index contributed by atoms with van der Waals surface area (Å²) in [4.78, 5) is 20.7. The number of hydrogen-bond donors (Lipinski definition) is 1. The lowest BCUT2D eigenvalue weighted by Crippen LogP contribution is -2.58. The van der Waals surface area contributed by atoms with Gasteiger partial charge in [0.2, 0.25) is 0 Å². The summed E-state index contributed by atoms with van der Waals surface area (Å²) in [6.45, 7) is 1.55. The summed E-state index contributed by atoms with van der Waals surface area (Å²) < 4.78 is 85.6. The van der Waals surface area contributed by atoms with Crippen molar-refractivity contribution >= 4 is 21.5 Å². The molecule has 1 aromatic heterocycles. The van der Waals surface area contributed by atoms with Crippen molar-refractivity contribution in [2.24, 2.45) is 10.7 Å². The summed E-state index contributed by atoms with van der Waals surface area (Å²) in [6, 6.07) is 5.81. The summed E-state index contributed by atoms with van der Waals surface area (Å²) in [5.74, 6) is -2.49. The fourth-order valence-corrected chi connectivity index (χ4v) is 6.57. The molecule has 0 aliphatic carbocycles. The average Bonchev–Trinajstić information content (AvgIpc) is 3.25. The Bertz CT molecular complexity index is 1290. The summed E-state index contributed by atoms with van der Waals surface area (Å²) >= 11 is 0. The molecule has 188 valence electrons. The van der Waals surface area contributed by atoms with Gasteiger partial charge in [0, 0.05) is 18.6 Å². The van der Waals surface area contributed by atoms with Gasteiger partial charge in [-0.05, 0) is 43.2 Å². The van der Waals surface area contributed by atoms with Crippen LogP contribution in [0.4, 0.5) is 17.6 Å². The molecule has 2 atom stereocenters. The number of aliphatic imine (C=N–C) groups is 1. The first-order chi connectivity index (χ1) is 16.2. The van der Waals surface area contributed by atoms with Crippen LogP contribution in [-0.4, -0.2) is 55.1 Å². The first kappa shape index (κ1) is 25.0. The minimum atomic E-state index is -4.89. The molecular weight excluding hydrogens is 494 g/mol. The zero-order chi connectivity index (χ0) is 25.6. The van der Waals surface area contributed by atoms with E-state index in [1.165, 1.54) is 19.1 Å². The van der Waals surface area contributed by atoms with Gasteiger partial charge in [0.15, 0.2) is 20.4 Å². The third kappa shape index (κ3) is 4.74. The fraction of sp³-hybridized carbons (Fsp3) is 0.409. The molecule has 0 radical (unpaired) electrons. The minimum Gasteiger partial charge on any atom is -0.404 e. The van der Waals surface area contributed by atoms with Crippen molar-refractivity contribution in [3.8, 4) is 5.75 Å². The Labute approximate surface area is 198 Å². The molecule has 4 rings (SSSR count). The zero-order valence-electron chi connectivity index (χ0n) is 18.4. The topological polar surface area (TPSA) is 121 Å². The number of alkyl halides is 3. The maximum absolute atomic E-state index is 14.9. The Kier molecular flexibility index (Phi) is 6.12. The average molecular weight is 515 g/mol. The summed E-state index contributed by atoms with van der Waals surface area (Å²) in [7, 11) is -3.86. The van der Waals surface area contributed by atoms with Gasteiger partial charge in [-0.3, -0.25) is 9.79 Å². The van der Waals surface area contributed by atoms with Crippen LogP contribution >= 0.6 is 0 Å². The largest absolute Gasteiger partial charge is 0.573 e. The molecule has 1 fully saturated rings. The number of sulfone groups is 1. The molecule has 2 aliphatic rings. The second kappa shape index (κ2) is 8.55.